The van der Waals surface area contributed by atoms with Gasteiger partial charge in [0.05, 0.1) is 6.54 Å². The molecule has 0 saturated heterocycles. The highest BCUT2D eigenvalue weighted by Crippen LogP contribution is 2.28. The molecule has 32 heavy (non-hydrogen) atoms. The fourth-order valence-electron chi connectivity index (χ4n) is 2.49. The molecule has 0 fully saturated rings. The van der Waals surface area contributed by atoms with E-state index in [9.17, 15) is 22.0 Å². The van der Waals surface area contributed by atoms with E-state index in [0.29, 0.717) is 11.6 Å². The zero-order chi connectivity index (χ0) is 23.5. The van der Waals surface area contributed by atoms with Gasteiger partial charge >= 0.3 is 6.01 Å². The van der Waals surface area contributed by atoms with Crippen molar-refractivity contribution in [2.75, 3.05) is 12.3 Å². The maximum Gasteiger partial charge on any atom is 0.312 e. The van der Waals surface area contributed by atoms with Crippen molar-refractivity contribution in [1.29, 1.82) is 0 Å². The Morgan fingerprint density at radius 2 is 1.97 bits per heavy atom. The van der Waals surface area contributed by atoms with Gasteiger partial charge in [-0.3, -0.25) is 4.79 Å². The number of ether oxygens (including phenoxy) is 1. The van der Waals surface area contributed by atoms with Gasteiger partial charge in [0, 0.05) is 24.9 Å². The fraction of sp³-hybridized carbons (Fsp3) is 0.176. The first-order chi connectivity index (χ1) is 15.0. The molecule has 0 aliphatic heterocycles. The number of pyridine rings is 1. The minimum absolute atomic E-state index is 0.000187. The van der Waals surface area contributed by atoms with Gasteiger partial charge in [-0.15, -0.1) is 5.10 Å². The average Bonchev–Trinajstić information content (AvgIpc) is 3.13. The maximum atomic E-state index is 13.6. The second-order valence-corrected chi connectivity index (χ2v) is 8.21. The molecule has 4 N–H and O–H groups in total. The number of nitrogens with two attached hydrogens (primary N) is 2. The second-order valence-electron chi connectivity index (χ2n) is 6.32. The number of rotatable bonds is 8. The molecule has 0 aliphatic rings. The van der Waals surface area contributed by atoms with E-state index in [1.807, 2.05) is 0 Å². The standard InChI is InChI=1S/C17H15ClF2N6O5S/c18-16-11(20)3-10(19)4-12(16)30-8-15(27)26(7-13-24-25-17(21)31-13)6-9-1-2-14(23-5-9)32(22,28)29/h1-5H,6-8H2,(H2,21,25)(H2,22,28,29). The molecule has 0 radical (unpaired) electrons. The van der Waals surface area contributed by atoms with Gasteiger partial charge in [0.1, 0.15) is 22.4 Å². The Kier molecular flexibility index (Phi) is 6.86. The number of carbonyl (C=O) groups excluding carboxylic acids is 1. The van der Waals surface area contributed by atoms with Crippen molar-refractivity contribution in [3.05, 3.63) is 58.6 Å². The molecule has 2 heterocycles. The largest absolute Gasteiger partial charge is 0.482 e. The lowest BCUT2D eigenvalue weighted by Gasteiger charge is -2.21. The third-order valence-corrected chi connectivity index (χ3v) is 5.13. The summed E-state index contributed by atoms with van der Waals surface area (Å²) in [5.41, 5.74) is 5.81. The molecule has 0 bridgehead atoms. The number of nitrogens with zero attached hydrogens (tertiary/aromatic N) is 4. The molecule has 2 aromatic heterocycles. The van der Waals surface area contributed by atoms with Crippen molar-refractivity contribution in [3.8, 4) is 5.75 Å². The highest BCUT2D eigenvalue weighted by atomic mass is 35.5. The van der Waals surface area contributed by atoms with Gasteiger partial charge in [-0.05, 0) is 11.6 Å². The van der Waals surface area contributed by atoms with Gasteiger partial charge in [0.25, 0.3) is 15.9 Å². The van der Waals surface area contributed by atoms with Crippen molar-refractivity contribution < 1.29 is 31.1 Å². The van der Waals surface area contributed by atoms with E-state index in [-0.39, 0.29) is 35.8 Å². The quantitative estimate of drug-likeness (QED) is 0.443. The molecule has 0 saturated carbocycles. The molecule has 3 rings (SSSR count). The number of amides is 1. The summed E-state index contributed by atoms with van der Waals surface area (Å²) < 4.78 is 59.9. The average molecular weight is 489 g/mol. The summed E-state index contributed by atoms with van der Waals surface area (Å²) in [6.07, 6.45) is 1.21. The first kappa shape index (κ1) is 23.3. The van der Waals surface area contributed by atoms with E-state index in [4.69, 9.17) is 31.6 Å². The lowest BCUT2D eigenvalue weighted by Crippen LogP contribution is -2.34. The Balaban J connectivity index is 1.78. The number of sulfonamides is 1. The number of hydrogen-bond acceptors (Lipinski definition) is 9. The number of nitrogen functional groups attached to an aromatic ring is 1. The summed E-state index contributed by atoms with van der Waals surface area (Å²) in [6.45, 7) is -0.933. The third-order valence-electron chi connectivity index (χ3n) is 3.93. The van der Waals surface area contributed by atoms with Crippen molar-refractivity contribution in [3.63, 3.8) is 0 Å². The van der Waals surface area contributed by atoms with Gasteiger partial charge in [-0.2, -0.15) is 0 Å². The van der Waals surface area contributed by atoms with Gasteiger partial charge < -0.3 is 19.8 Å². The number of carbonyl (C=O) groups is 1. The zero-order valence-electron chi connectivity index (χ0n) is 16.0. The first-order valence-electron chi connectivity index (χ1n) is 8.63. The fourth-order valence-corrected chi connectivity index (χ4v) is 3.11. The van der Waals surface area contributed by atoms with Gasteiger partial charge in [-0.1, -0.05) is 22.8 Å². The number of hydrogen-bond donors (Lipinski definition) is 2. The van der Waals surface area contributed by atoms with Gasteiger partial charge in [0.15, 0.2) is 11.6 Å². The Morgan fingerprint density at radius 1 is 1.22 bits per heavy atom. The predicted octanol–water partition coefficient (Wildman–Crippen LogP) is 1.23. The Labute approximate surface area is 185 Å². The van der Waals surface area contributed by atoms with Crippen molar-refractivity contribution in [1.82, 2.24) is 20.1 Å². The molecule has 170 valence electrons. The lowest BCUT2D eigenvalue weighted by molar-refractivity contribution is -0.135. The van der Waals surface area contributed by atoms with Crippen LogP contribution in [0.3, 0.4) is 0 Å². The summed E-state index contributed by atoms with van der Waals surface area (Å²) in [4.78, 5) is 17.7. The lowest BCUT2D eigenvalue weighted by atomic mass is 10.2. The summed E-state index contributed by atoms with van der Waals surface area (Å²) in [7, 11) is -3.99. The Bertz CT molecular complexity index is 1240. The highest BCUT2D eigenvalue weighted by Gasteiger charge is 2.20. The number of anilines is 1. The van der Waals surface area contributed by atoms with Crippen LogP contribution < -0.4 is 15.6 Å². The second kappa shape index (κ2) is 9.42. The van der Waals surface area contributed by atoms with Crippen molar-refractivity contribution >= 4 is 33.5 Å². The SMILES string of the molecule is Nc1nnc(CN(Cc2ccc(S(N)(=O)=O)nc2)C(=O)COc2cc(F)cc(F)c2Cl)o1. The van der Waals surface area contributed by atoms with Crippen LogP contribution in [0.15, 0.2) is 39.9 Å². The normalized spacial score (nSPS) is 11.4. The summed E-state index contributed by atoms with van der Waals surface area (Å²) in [5.74, 6) is -3.00. The van der Waals surface area contributed by atoms with Crippen LogP contribution in [0, 0.1) is 11.6 Å². The minimum atomic E-state index is -3.99. The van der Waals surface area contributed by atoms with Crippen LogP contribution in [0.4, 0.5) is 14.8 Å². The number of benzene rings is 1. The summed E-state index contributed by atoms with van der Waals surface area (Å²) >= 11 is 5.74. The van der Waals surface area contributed by atoms with E-state index in [0.717, 1.165) is 6.07 Å². The molecular formula is C17H15ClF2N6O5S. The smallest absolute Gasteiger partial charge is 0.312 e. The van der Waals surface area contributed by atoms with Crippen molar-refractivity contribution in [2.24, 2.45) is 5.14 Å². The van der Waals surface area contributed by atoms with Gasteiger partial charge in [-0.25, -0.2) is 27.3 Å². The van der Waals surface area contributed by atoms with Crippen LogP contribution in [0.5, 0.6) is 5.75 Å². The molecule has 1 amide bonds. The van der Waals surface area contributed by atoms with Crippen LogP contribution in [-0.4, -0.2) is 41.0 Å². The van der Waals surface area contributed by atoms with Gasteiger partial charge in [0.2, 0.25) is 5.89 Å². The molecule has 15 heteroatoms. The Hall–Kier alpha value is -3.36. The van der Waals surface area contributed by atoms with E-state index in [1.54, 1.807) is 0 Å². The van der Waals surface area contributed by atoms with Crippen molar-refractivity contribution in [2.45, 2.75) is 18.1 Å². The monoisotopic (exact) mass is 488 g/mol. The van der Waals surface area contributed by atoms with E-state index in [2.05, 4.69) is 15.2 Å². The van der Waals surface area contributed by atoms with Crippen LogP contribution in [0.2, 0.25) is 5.02 Å². The topological polar surface area (TPSA) is 168 Å². The van der Waals surface area contributed by atoms with Crippen LogP contribution >= 0.6 is 11.6 Å². The van der Waals surface area contributed by atoms with E-state index < -0.39 is 39.2 Å². The number of halogens is 3. The zero-order valence-corrected chi connectivity index (χ0v) is 17.6. The molecule has 1 aromatic carbocycles. The molecule has 11 nitrogen and oxygen atoms in total. The highest BCUT2D eigenvalue weighted by molar-refractivity contribution is 7.89. The molecule has 0 aliphatic carbocycles. The molecule has 3 aromatic rings. The number of primary sulfonamides is 1. The van der Waals surface area contributed by atoms with E-state index >= 15 is 0 Å². The number of aromatic nitrogens is 3. The molecular weight excluding hydrogens is 474 g/mol. The molecule has 0 unspecified atom stereocenters. The maximum absolute atomic E-state index is 13.6. The molecule has 0 spiro atoms. The minimum Gasteiger partial charge on any atom is -0.482 e. The first-order valence-corrected chi connectivity index (χ1v) is 10.6. The van der Waals surface area contributed by atoms with Crippen LogP contribution in [-0.2, 0) is 27.9 Å². The van der Waals surface area contributed by atoms with Crippen LogP contribution in [0.1, 0.15) is 11.5 Å². The predicted molar refractivity (Wildman–Crippen MR) is 105 cm³/mol. The third kappa shape index (κ3) is 5.87. The van der Waals surface area contributed by atoms with E-state index in [1.165, 1.54) is 23.2 Å². The molecule has 0 atom stereocenters. The van der Waals surface area contributed by atoms with Crippen LogP contribution in [0.25, 0.3) is 0 Å². The Morgan fingerprint density at radius 3 is 2.56 bits per heavy atom. The summed E-state index contributed by atoms with van der Waals surface area (Å²) in [6, 6.07) is 3.75. The summed E-state index contributed by atoms with van der Waals surface area (Å²) in [5, 5.41) is 11.3.